The molecule has 0 atom stereocenters. The van der Waals surface area contributed by atoms with Crippen molar-refractivity contribution in [3.8, 4) is 17.2 Å². The van der Waals surface area contributed by atoms with E-state index in [-0.39, 0.29) is 0 Å². The molecule has 2 N–H and O–H groups in total. The average molecular weight is 322 g/mol. The highest BCUT2D eigenvalue weighted by Crippen LogP contribution is 2.35. The normalized spacial score (nSPS) is 10.3. The minimum atomic E-state index is 0.410. The molecule has 0 spiro atoms. The third-order valence-electron chi connectivity index (χ3n) is 2.65. The topological polar surface area (TPSA) is 44.5 Å². The zero-order chi connectivity index (χ0) is 13.7. The molecule has 0 bridgehead atoms. The Hall–Kier alpha value is -1.52. The highest BCUT2D eigenvalue weighted by molar-refractivity contribution is 9.10. The molecule has 0 fully saturated rings. The van der Waals surface area contributed by atoms with Gasteiger partial charge in [0, 0.05) is 16.6 Å². The number of benzene rings is 2. The van der Waals surface area contributed by atoms with E-state index in [1.165, 1.54) is 0 Å². The molecule has 0 aliphatic heterocycles. The van der Waals surface area contributed by atoms with Gasteiger partial charge in [-0.25, -0.2) is 0 Å². The number of rotatable bonds is 5. The fourth-order valence-electron chi connectivity index (χ4n) is 1.76. The molecule has 19 heavy (non-hydrogen) atoms. The van der Waals surface area contributed by atoms with Gasteiger partial charge in [-0.2, -0.15) is 0 Å². The molecule has 3 nitrogen and oxygen atoms in total. The van der Waals surface area contributed by atoms with E-state index < -0.39 is 0 Å². The Labute approximate surface area is 121 Å². The Morgan fingerprint density at radius 3 is 2.37 bits per heavy atom. The lowest BCUT2D eigenvalue weighted by Crippen LogP contribution is -2.01. The summed E-state index contributed by atoms with van der Waals surface area (Å²) in [7, 11) is 0. The maximum atomic E-state index is 5.93. The lowest BCUT2D eigenvalue weighted by molar-refractivity contribution is 0.321. The predicted octanol–water partition coefficient (Wildman–Crippen LogP) is 4.10. The van der Waals surface area contributed by atoms with E-state index in [0.29, 0.717) is 18.9 Å². The van der Waals surface area contributed by atoms with Crippen molar-refractivity contribution >= 4 is 15.9 Å². The lowest BCUT2D eigenvalue weighted by atomic mass is 10.2. The van der Waals surface area contributed by atoms with Gasteiger partial charge >= 0.3 is 0 Å². The standard InChI is InChI=1S/C15H16BrNO2/c1-2-18-14-7-3-4-8-15(14)19-13-9-5-6-12(16)11(13)10-17/h3-9H,2,10,17H2,1H3. The summed E-state index contributed by atoms with van der Waals surface area (Å²) in [6.45, 7) is 2.96. The zero-order valence-electron chi connectivity index (χ0n) is 10.7. The maximum absolute atomic E-state index is 5.93. The summed E-state index contributed by atoms with van der Waals surface area (Å²) in [5, 5.41) is 0. The molecule has 2 aromatic carbocycles. The molecule has 0 saturated carbocycles. The van der Waals surface area contributed by atoms with E-state index in [9.17, 15) is 0 Å². The summed E-state index contributed by atoms with van der Waals surface area (Å²) in [6.07, 6.45) is 0. The van der Waals surface area contributed by atoms with Gasteiger partial charge in [-0.15, -0.1) is 0 Å². The minimum absolute atomic E-state index is 0.410. The molecule has 2 aromatic rings. The van der Waals surface area contributed by atoms with Crippen LogP contribution in [0.2, 0.25) is 0 Å². The number of para-hydroxylation sites is 2. The van der Waals surface area contributed by atoms with Gasteiger partial charge in [-0.1, -0.05) is 34.1 Å². The SMILES string of the molecule is CCOc1ccccc1Oc1cccc(Br)c1CN. The van der Waals surface area contributed by atoms with Crippen LogP contribution < -0.4 is 15.2 Å². The van der Waals surface area contributed by atoms with Crippen LogP contribution in [0.4, 0.5) is 0 Å². The number of halogens is 1. The van der Waals surface area contributed by atoms with Gasteiger partial charge in [0.1, 0.15) is 5.75 Å². The summed E-state index contributed by atoms with van der Waals surface area (Å²) < 4.78 is 12.4. The molecule has 0 amide bonds. The summed E-state index contributed by atoms with van der Waals surface area (Å²) in [5.41, 5.74) is 6.70. The maximum Gasteiger partial charge on any atom is 0.169 e. The molecule has 0 aromatic heterocycles. The second-order valence-corrected chi connectivity index (χ2v) is 4.76. The average Bonchev–Trinajstić information content (AvgIpc) is 2.41. The Bertz CT molecular complexity index is 558. The molecule has 0 saturated heterocycles. The third kappa shape index (κ3) is 3.28. The smallest absolute Gasteiger partial charge is 0.169 e. The van der Waals surface area contributed by atoms with Crippen LogP contribution in [-0.4, -0.2) is 6.61 Å². The summed E-state index contributed by atoms with van der Waals surface area (Å²) in [6, 6.07) is 13.4. The molecule has 0 aliphatic rings. The highest BCUT2D eigenvalue weighted by atomic mass is 79.9. The first-order valence-electron chi connectivity index (χ1n) is 6.13. The van der Waals surface area contributed by atoms with Crippen molar-refractivity contribution in [1.82, 2.24) is 0 Å². The lowest BCUT2D eigenvalue weighted by Gasteiger charge is -2.14. The van der Waals surface area contributed by atoms with Crippen LogP contribution in [0.15, 0.2) is 46.9 Å². The fraction of sp³-hybridized carbons (Fsp3) is 0.200. The summed E-state index contributed by atoms with van der Waals surface area (Å²) >= 11 is 3.48. The van der Waals surface area contributed by atoms with Crippen LogP contribution in [0.3, 0.4) is 0 Å². The second-order valence-electron chi connectivity index (χ2n) is 3.90. The summed E-state index contributed by atoms with van der Waals surface area (Å²) in [5.74, 6) is 2.16. The van der Waals surface area contributed by atoms with E-state index in [1.54, 1.807) is 0 Å². The quantitative estimate of drug-likeness (QED) is 0.901. The molecular weight excluding hydrogens is 306 g/mol. The van der Waals surface area contributed by atoms with Crippen molar-refractivity contribution in [2.75, 3.05) is 6.61 Å². The largest absolute Gasteiger partial charge is 0.490 e. The zero-order valence-corrected chi connectivity index (χ0v) is 12.3. The summed E-state index contributed by atoms with van der Waals surface area (Å²) in [4.78, 5) is 0. The number of hydrogen-bond donors (Lipinski definition) is 1. The Kier molecular flexibility index (Phi) is 4.82. The van der Waals surface area contributed by atoms with Crippen molar-refractivity contribution in [2.45, 2.75) is 13.5 Å². The molecule has 2 rings (SSSR count). The Balaban J connectivity index is 2.33. The first kappa shape index (κ1) is 13.9. The van der Waals surface area contributed by atoms with Crippen molar-refractivity contribution in [2.24, 2.45) is 5.73 Å². The minimum Gasteiger partial charge on any atom is -0.490 e. The molecule has 0 heterocycles. The fourth-order valence-corrected chi connectivity index (χ4v) is 2.27. The second kappa shape index (κ2) is 6.59. The Morgan fingerprint density at radius 2 is 1.68 bits per heavy atom. The third-order valence-corrected chi connectivity index (χ3v) is 3.39. The first-order chi connectivity index (χ1) is 9.26. The van der Waals surface area contributed by atoms with Crippen molar-refractivity contribution in [3.63, 3.8) is 0 Å². The van der Waals surface area contributed by atoms with Gasteiger partial charge in [0.15, 0.2) is 11.5 Å². The van der Waals surface area contributed by atoms with Gasteiger partial charge in [-0.3, -0.25) is 0 Å². The van der Waals surface area contributed by atoms with Gasteiger partial charge in [0.2, 0.25) is 0 Å². The molecule has 4 heteroatoms. The number of ether oxygens (including phenoxy) is 2. The monoisotopic (exact) mass is 321 g/mol. The van der Waals surface area contributed by atoms with E-state index in [2.05, 4.69) is 15.9 Å². The van der Waals surface area contributed by atoms with Crippen LogP contribution in [0.5, 0.6) is 17.2 Å². The van der Waals surface area contributed by atoms with E-state index in [4.69, 9.17) is 15.2 Å². The van der Waals surface area contributed by atoms with Crippen molar-refractivity contribution in [3.05, 3.63) is 52.5 Å². The van der Waals surface area contributed by atoms with Gasteiger partial charge in [-0.05, 0) is 31.2 Å². The van der Waals surface area contributed by atoms with Gasteiger partial charge in [0.05, 0.1) is 6.61 Å². The number of hydrogen-bond acceptors (Lipinski definition) is 3. The first-order valence-corrected chi connectivity index (χ1v) is 6.92. The molecular formula is C15H16BrNO2. The molecule has 100 valence electrons. The van der Waals surface area contributed by atoms with E-state index in [1.807, 2.05) is 49.4 Å². The molecule has 0 radical (unpaired) electrons. The van der Waals surface area contributed by atoms with Crippen LogP contribution in [0.25, 0.3) is 0 Å². The molecule has 0 aliphatic carbocycles. The van der Waals surface area contributed by atoms with Crippen molar-refractivity contribution in [1.29, 1.82) is 0 Å². The van der Waals surface area contributed by atoms with Crippen LogP contribution in [-0.2, 0) is 6.54 Å². The van der Waals surface area contributed by atoms with Gasteiger partial charge < -0.3 is 15.2 Å². The van der Waals surface area contributed by atoms with Gasteiger partial charge in [0.25, 0.3) is 0 Å². The van der Waals surface area contributed by atoms with Crippen molar-refractivity contribution < 1.29 is 9.47 Å². The number of nitrogens with two attached hydrogens (primary N) is 1. The predicted molar refractivity (Wildman–Crippen MR) is 79.7 cm³/mol. The Morgan fingerprint density at radius 1 is 1.00 bits per heavy atom. The van der Waals surface area contributed by atoms with Crippen LogP contribution >= 0.6 is 15.9 Å². The van der Waals surface area contributed by atoms with Crippen LogP contribution in [0.1, 0.15) is 12.5 Å². The van der Waals surface area contributed by atoms with Crippen LogP contribution in [0, 0.1) is 0 Å². The molecule has 0 unspecified atom stereocenters. The highest BCUT2D eigenvalue weighted by Gasteiger charge is 2.10. The van der Waals surface area contributed by atoms with E-state index in [0.717, 1.165) is 21.5 Å². The van der Waals surface area contributed by atoms with E-state index >= 15 is 0 Å².